The summed E-state index contributed by atoms with van der Waals surface area (Å²) < 4.78 is 11.5. The van der Waals surface area contributed by atoms with Gasteiger partial charge in [0.15, 0.2) is 0 Å². The fourth-order valence-electron chi connectivity index (χ4n) is 2.15. The van der Waals surface area contributed by atoms with Crippen molar-refractivity contribution in [1.29, 1.82) is 0 Å². The molecule has 0 unspecified atom stereocenters. The van der Waals surface area contributed by atoms with Crippen molar-refractivity contribution >= 4 is 21.8 Å². The van der Waals surface area contributed by atoms with Gasteiger partial charge in [0.1, 0.15) is 11.4 Å². The minimum atomic E-state index is 0.266. The van der Waals surface area contributed by atoms with Crippen LogP contribution in [0.4, 0.5) is 5.88 Å². The van der Waals surface area contributed by atoms with Crippen molar-refractivity contribution in [3.05, 3.63) is 47.2 Å². The third-order valence-corrected chi connectivity index (χ3v) is 3.58. The van der Waals surface area contributed by atoms with Gasteiger partial charge in [-0.1, -0.05) is 33.2 Å². The Bertz CT molecular complexity index is 786. The van der Waals surface area contributed by atoms with Crippen LogP contribution in [0.25, 0.3) is 22.4 Å². The molecule has 0 fully saturated rings. The van der Waals surface area contributed by atoms with Crippen LogP contribution < -0.4 is 10.5 Å². The molecule has 0 saturated carbocycles. The maximum absolute atomic E-state index is 5.95. The van der Waals surface area contributed by atoms with E-state index >= 15 is 0 Å². The topological polar surface area (TPSA) is 74.2 Å². The van der Waals surface area contributed by atoms with Gasteiger partial charge in [-0.15, -0.1) is 0 Å². The van der Waals surface area contributed by atoms with Crippen LogP contribution in [0.15, 0.2) is 51.7 Å². The summed E-state index contributed by atoms with van der Waals surface area (Å²) in [5.41, 5.74) is 9.01. The molecule has 2 heterocycles. The molecule has 2 N–H and O–H groups in total. The average Bonchev–Trinajstić information content (AvgIpc) is 2.88. The van der Waals surface area contributed by atoms with Crippen LogP contribution in [-0.4, -0.2) is 17.3 Å². The Balaban J connectivity index is 2.22. The predicted octanol–water partition coefficient (Wildman–Crippen LogP) is 3.76. The maximum Gasteiger partial charge on any atom is 0.230 e. The van der Waals surface area contributed by atoms with E-state index in [4.69, 9.17) is 15.0 Å². The molecule has 6 heteroatoms. The van der Waals surface area contributed by atoms with Crippen molar-refractivity contribution in [3.63, 3.8) is 0 Å². The lowest BCUT2D eigenvalue weighted by atomic mass is 10.0. The van der Waals surface area contributed by atoms with Crippen molar-refractivity contribution < 1.29 is 9.26 Å². The number of aromatic nitrogens is 2. The Morgan fingerprint density at radius 2 is 2.14 bits per heavy atom. The van der Waals surface area contributed by atoms with Gasteiger partial charge in [-0.25, -0.2) is 0 Å². The maximum atomic E-state index is 5.95. The van der Waals surface area contributed by atoms with Crippen LogP contribution in [0.1, 0.15) is 0 Å². The standard InChI is InChI=1S/C15H12BrN3O2/c1-20-12-8-18-6-5-11(12)14-13(15(17)21-19-14)9-3-2-4-10(16)7-9/h2-8H,17H2,1H3. The number of anilines is 1. The van der Waals surface area contributed by atoms with E-state index in [1.807, 2.05) is 30.3 Å². The molecule has 0 atom stereocenters. The Kier molecular flexibility index (Phi) is 3.62. The second-order valence-corrected chi connectivity index (χ2v) is 5.27. The number of pyridine rings is 1. The van der Waals surface area contributed by atoms with E-state index in [-0.39, 0.29) is 5.88 Å². The minimum Gasteiger partial charge on any atom is -0.494 e. The number of nitrogens with zero attached hydrogens (tertiary/aromatic N) is 2. The molecular formula is C15H12BrN3O2. The molecule has 3 aromatic rings. The summed E-state index contributed by atoms with van der Waals surface area (Å²) in [6, 6.07) is 9.60. The summed E-state index contributed by atoms with van der Waals surface area (Å²) >= 11 is 3.45. The number of halogens is 1. The zero-order chi connectivity index (χ0) is 14.8. The second kappa shape index (κ2) is 5.57. The molecule has 106 valence electrons. The second-order valence-electron chi connectivity index (χ2n) is 4.36. The summed E-state index contributed by atoms with van der Waals surface area (Å²) in [6.07, 6.45) is 3.30. The van der Waals surface area contributed by atoms with Crippen LogP contribution >= 0.6 is 15.9 Å². The van der Waals surface area contributed by atoms with E-state index in [1.165, 1.54) is 0 Å². The lowest BCUT2D eigenvalue weighted by Crippen LogP contribution is -1.92. The molecule has 0 aliphatic rings. The molecule has 2 aromatic heterocycles. The van der Waals surface area contributed by atoms with Crippen LogP contribution in [-0.2, 0) is 0 Å². The lowest BCUT2D eigenvalue weighted by Gasteiger charge is -2.07. The zero-order valence-electron chi connectivity index (χ0n) is 11.2. The van der Waals surface area contributed by atoms with Gasteiger partial charge in [0.2, 0.25) is 5.88 Å². The highest BCUT2D eigenvalue weighted by Gasteiger charge is 2.20. The van der Waals surface area contributed by atoms with Crippen molar-refractivity contribution in [1.82, 2.24) is 10.1 Å². The third-order valence-electron chi connectivity index (χ3n) is 3.09. The Hall–Kier alpha value is -2.34. The summed E-state index contributed by atoms with van der Waals surface area (Å²) in [4.78, 5) is 4.04. The number of hydrogen-bond donors (Lipinski definition) is 1. The molecular weight excluding hydrogens is 334 g/mol. The van der Waals surface area contributed by atoms with Gasteiger partial charge in [0.05, 0.1) is 18.9 Å². The van der Waals surface area contributed by atoms with Crippen molar-refractivity contribution in [2.45, 2.75) is 0 Å². The van der Waals surface area contributed by atoms with E-state index in [0.29, 0.717) is 11.4 Å². The number of benzene rings is 1. The summed E-state index contributed by atoms with van der Waals surface area (Å²) in [6.45, 7) is 0. The van der Waals surface area contributed by atoms with Gasteiger partial charge in [0.25, 0.3) is 0 Å². The fourth-order valence-corrected chi connectivity index (χ4v) is 2.55. The molecule has 0 aliphatic heterocycles. The van der Waals surface area contributed by atoms with Crippen molar-refractivity contribution in [2.24, 2.45) is 0 Å². The molecule has 5 nitrogen and oxygen atoms in total. The number of ether oxygens (including phenoxy) is 1. The molecule has 21 heavy (non-hydrogen) atoms. The van der Waals surface area contributed by atoms with Crippen LogP contribution in [0.3, 0.4) is 0 Å². The van der Waals surface area contributed by atoms with Crippen LogP contribution in [0, 0.1) is 0 Å². The van der Waals surface area contributed by atoms with E-state index < -0.39 is 0 Å². The molecule has 0 aliphatic carbocycles. The van der Waals surface area contributed by atoms with Crippen LogP contribution in [0.2, 0.25) is 0 Å². The first-order valence-corrected chi connectivity index (χ1v) is 6.99. The summed E-state index contributed by atoms with van der Waals surface area (Å²) in [5, 5.41) is 4.08. The highest BCUT2D eigenvalue weighted by molar-refractivity contribution is 9.10. The highest BCUT2D eigenvalue weighted by atomic mass is 79.9. The Morgan fingerprint density at radius 1 is 1.29 bits per heavy atom. The van der Waals surface area contributed by atoms with Gasteiger partial charge < -0.3 is 15.0 Å². The zero-order valence-corrected chi connectivity index (χ0v) is 12.8. The van der Waals surface area contributed by atoms with E-state index in [0.717, 1.165) is 21.2 Å². The first kappa shape index (κ1) is 13.6. The summed E-state index contributed by atoms with van der Waals surface area (Å²) in [5.74, 6) is 0.879. The predicted molar refractivity (Wildman–Crippen MR) is 83.8 cm³/mol. The third kappa shape index (κ3) is 2.50. The molecule has 0 amide bonds. The number of methoxy groups -OCH3 is 1. The van der Waals surface area contributed by atoms with E-state index in [9.17, 15) is 0 Å². The average molecular weight is 346 g/mol. The van der Waals surface area contributed by atoms with Gasteiger partial charge in [-0.2, -0.15) is 0 Å². The van der Waals surface area contributed by atoms with Gasteiger partial charge >= 0.3 is 0 Å². The van der Waals surface area contributed by atoms with Gasteiger partial charge in [0, 0.05) is 16.2 Å². The van der Waals surface area contributed by atoms with Gasteiger partial charge in [-0.3, -0.25) is 4.98 Å². The molecule has 0 bridgehead atoms. The highest BCUT2D eigenvalue weighted by Crippen LogP contribution is 2.39. The SMILES string of the molecule is COc1cnccc1-c1noc(N)c1-c1cccc(Br)c1. The van der Waals surface area contributed by atoms with Crippen molar-refractivity contribution in [2.75, 3.05) is 12.8 Å². The minimum absolute atomic E-state index is 0.266. The van der Waals surface area contributed by atoms with E-state index in [1.54, 1.807) is 19.5 Å². The molecule has 3 rings (SSSR count). The lowest BCUT2D eigenvalue weighted by molar-refractivity contribution is 0.412. The number of rotatable bonds is 3. The smallest absolute Gasteiger partial charge is 0.230 e. The number of nitrogens with two attached hydrogens (primary N) is 1. The molecule has 0 saturated heterocycles. The Labute approximate surface area is 129 Å². The Morgan fingerprint density at radius 3 is 2.90 bits per heavy atom. The molecule has 1 aromatic carbocycles. The molecule has 0 radical (unpaired) electrons. The van der Waals surface area contributed by atoms with E-state index in [2.05, 4.69) is 26.1 Å². The first-order valence-electron chi connectivity index (χ1n) is 6.20. The van der Waals surface area contributed by atoms with Crippen molar-refractivity contribution in [3.8, 4) is 28.1 Å². The largest absolute Gasteiger partial charge is 0.494 e. The van der Waals surface area contributed by atoms with Crippen LogP contribution in [0.5, 0.6) is 5.75 Å². The number of hydrogen-bond acceptors (Lipinski definition) is 5. The monoisotopic (exact) mass is 345 g/mol. The van der Waals surface area contributed by atoms with Gasteiger partial charge in [-0.05, 0) is 23.8 Å². The fraction of sp³-hybridized carbons (Fsp3) is 0.0667. The number of nitrogen functional groups attached to an aromatic ring is 1. The normalized spacial score (nSPS) is 10.6. The summed E-state index contributed by atoms with van der Waals surface area (Å²) in [7, 11) is 1.59. The quantitative estimate of drug-likeness (QED) is 0.782. The molecule has 0 spiro atoms. The first-order chi connectivity index (χ1) is 10.2.